The van der Waals surface area contributed by atoms with E-state index in [4.69, 9.17) is 14.2 Å². The fourth-order valence-corrected chi connectivity index (χ4v) is 9.86. The van der Waals surface area contributed by atoms with Gasteiger partial charge in [0.25, 0.3) is 0 Å². The van der Waals surface area contributed by atoms with E-state index in [2.05, 4.69) is 130 Å². The molecule has 0 radical (unpaired) electrons. The smallest absolute Gasteiger partial charge is 0.306 e. The van der Waals surface area contributed by atoms with Gasteiger partial charge >= 0.3 is 17.9 Å². The van der Waals surface area contributed by atoms with Crippen LogP contribution < -0.4 is 0 Å². The number of carbonyl (C=O) groups excluding carboxylic acids is 3. The molecule has 0 saturated heterocycles. The molecule has 82 heavy (non-hydrogen) atoms. The van der Waals surface area contributed by atoms with Crippen molar-refractivity contribution in [2.75, 3.05) is 13.2 Å². The summed E-state index contributed by atoms with van der Waals surface area (Å²) >= 11 is 0. The molecule has 0 spiro atoms. The largest absolute Gasteiger partial charge is 0.462 e. The highest BCUT2D eigenvalue weighted by atomic mass is 16.6. The number of allylic oxidation sites excluding steroid dienone is 18. The molecule has 0 aromatic carbocycles. The van der Waals surface area contributed by atoms with E-state index >= 15 is 0 Å². The van der Waals surface area contributed by atoms with E-state index in [1.807, 2.05) is 0 Å². The molecule has 0 aliphatic carbocycles. The van der Waals surface area contributed by atoms with E-state index in [0.29, 0.717) is 19.3 Å². The molecule has 6 nitrogen and oxygen atoms in total. The third-order valence-corrected chi connectivity index (χ3v) is 15.0. The van der Waals surface area contributed by atoms with Gasteiger partial charge in [0, 0.05) is 19.3 Å². The number of hydrogen-bond donors (Lipinski definition) is 0. The SMILES string of the molecule is CC/C=C\C/C=C\C/C=C\C/C=C\C/C=C\C/C=C\C/C=C\C/C=C\C/C=C\CCCC(=O)OCC(COC(=O)CCCCCCCCCCCCCCC)OC(=O)CCCCCCCCCCCCCCCCCCCCCCCC. The minimum absolute atomic E-state index is 0.0921. The molecular weight excluding hydrogens is 1010 g/mol. The van der Waals surface area contributed by atoms with Crippen LogP contribution in [0.15, 0.2) is 109 Å². The third kappa shape index (κ3) is 66.9. The van der Waals surface area contributed by atoms with Gasteiger partial charge < -0.3 is 14.2 Å². The van der Waals surface area contributed by atoms with Gasteiger partial charge in [-0.3, -0.25) is 14.4 Å². The van der Waals surface area contributed by atoms with E-state index in [1.54, 1.807) is 0 Å². The molecule has 0 rings (SSSR count). The molecule has 1 unspecified atom stereocenters. The lowest BCUT2D eigenvalue weighted by Gasteiger charge is -2.18. The van der Waals surface area contributed by atoms with Crippen LogP contribution in [-0.4, -0.2) is 37.2 Å². The van der Waals surface area contributed by atoms with Crippen LogP contribution in [-0.2, 0) is 28.6 Å². The highest BCUT2D eigenvalue weighted by Gasteiger charge is 2.19. The maximum Gasteiger partial charge on any atom is 0.306 e. The molecule has 0 saturated carbocycles. The van der Waals surface area contributed by atoms with Crippen molar-refractivity contribution in [3.05, 3.63) is 109 Å². The molecule has 470 valence electrons. The van der Waals surface area contributed by atoms with Crippen LogP contribution in [0.3, 0.4) is 0 Å². The van der Waals surface area contributed by atoms with Crippen molar-refractivity contribution in [2.24, 2.45) is 0 Å². The minimum Gasteiger partial charge on any atom is -0.462 e. The van der Waals surface area contributed by atoms with Crippen molar-refractivity contribution < 1.29 is 28.6 Å². The Labute approximate surface area is 508 Å². The molecule has 0 bridgehead atoms. The fraction of sp³-hybridized carbons (Fsp3) is 0.724. The van der Waals surface area contributed by atoms with Crippen LogP contribution in [0.4, 0.5) is 0 Å². The van der Waals surface area contributed by atoms with Gasteiger partial charge in [0.15, 0.2) is 6.10 Å². The van der Waals surface area contributed by atoms with Gasteiger partial charge in [0.2, 0.25) is 0 Å². The second-order valence-corrected chi connectivity index (χ2v) is 23.1. The number of unbranched alkanes of at least 4 members (excludes halogenated alkanes) is 34. The lowest BCUT2D eigenvalue weighted by molar-refractivity contribution is -0.167. The summed E-state index contributed by atoms with van der Waals surface area (Å²) in [5.41, 5.74) is 0. The summed E-state index contributed by atoms with van der Waals surface area (Å²) in [4.78, 5) is 38.4. The second kappa shape index (κ2) is 69.6. The molecule has 0 amide bonds. The topological polar surface area (TPSA) is 78.9 Å². The first-order valence-corrected chi connectivity index (χ1v) is 34.9. The normalized spacial score (nSPS) is 12.8. The number of carbonyl (C=O) groups is 3. The Balaban J connectivity index is 4.39. The van der Waals surface area contributed by atoms with Crippen LogP contribution in [0.1, 0.15) is 335 Å². The number of esters is 3. The summed E-state index contributed by atoms with van der Waals surface area (Å²) in [6.45, 7) is 6.52. The minimum atomic E-state index is -0.801. The number of ether oxygens (including phenoxy) is 3. The van der Waals surface area contributed by atoms with Gasteiger partial charge in [-0.25, -0.2) is 0 Å². The zero-order valence-corrected chi connectivity index (χ0v) is 54.0. The third-order valence-electron chi connectivity index (χ3n) is 15.0. The highest BCUT2D eigenvalue weighted by Crippen LogP contribution is 2.17. The summed E-state index contributed by atoms with van der Waals surface area (Å²) in [7, 11) is 0. The molecule has 0 N–H and O–H groups in total. The lowest BCUT2D eigenvalue weighted by atomic mass is 10.0. The van der Waals surface area contributed by atoms with Gasteiger partial charge in [-0.15, -0.1) is 0 Å². The molecule has 6 heteroatoms. The molecule has 0 heterocycles. The average Bonchev–Trinajstić information content (AvgIpc) is 3.47. The predicted molar refractivity (Wildman–Crippen MR) is 357 cm³/mol. The van der Waals surface area contributed by atoms with Gasteiger partial charge in [-0.05, 0) is 83.5 Å². The van der Waals surface area contributed by atoms with Crippen LogP contribution in [0.25, 0.3) is 0 Å². The zero-order valence-electron chi connectivity index (χ0n) is 54.0. The second-order valence-electron chi connectivity index (χ2n) is 23.1. The van der Waals surface area contributed by atoms with Crippen LogP contribution in [0.2, 0.25) is 0 Å². The number of hydrogen-bond acceptors (Lipinski definition) is 6. The predicted octanol–water partition coefficient (Wildman–Crippen LogP) is 24.2. The van der Waals surface area contributed by atoms with Gasteiger partial charge in [-0.1, -0.05) is 342 Å². The Morgan fingerprint density at radius 2 is 0.476 bits per heavy atom. The Morgan fingerprint density at radius 3 is 0.744 bits per heavy atom. The van der Waals surface area contributed by atoms with E-state index in [-0.39, 0.29) is 37.5 Å². The summed E-state index contributed by atoms with van der Waals surface area (Å²) in [5, 5.41) is 0. The quantitative estimate of drug-likeness (QED) is 0.0261. The van der Waals surface area contributed by atoms with Crippen molar-refractivity contribution in [3.8, 4) is 0 Å². The van der Waals surface area contributed by atoms with Crippen molar-refractivity contribution >= 4 is 17.9 Å². The van der Waals surface area contributed by atoms with E-state index in [0.717, 1.165) is 103 Å². The number of rotatable bonds is 63. The summed E-state index contributed by atoms with van der Waals surface area (Å²) in [5.74, 6) is -0.939. The average molecular weight is 1140 g/mol. The summed E-state index contributed by atoms with van der Waals surface area (Å²) < 4.78 is 16.9. The van der Waals surface area contributed by atoms with E-state index in [9.17, 15) is 14.4 Å². The molecule has 0 fully saturated rings. The Hall–Kier alpha value is -3.93. The summed E-state index contributed by atoms with van der Waals surface area (Å²) in [6.07, 6.45) is 95.5. The first-order valence-electron chi connectivity index (χ1n) is 34.9. The first kappa shape index (κ1) is 78.1. The molecule has 0 aromatic heterocycles. The van der Waals surface area contributed by atoms with Crippen LogP contribution in [0.5, 0.6) is 0 Å². The van der Waals surface area contributed by atoms with Crippen molar-refractivity contribution in [3.63, 3.8) is 0 Å². The molecule has 0 aliphatic rings. The first-order chi connectivity index (χ1) is 40.5. The van der Waals surface area contributed by atoms with Crippen molar-refractivity contribution in [1.82, 2.24) is 0 Å². The van der Waals surface area contributed by atoms with E-state index in [1.165, 1.54) is 186 Å². The lowest BCUT2D eigenvalue weighted by Crippen LogP contribution is -2.30. The maximum atomic E-state index is 12.9. The van der Waals surface area contributed by atoms with Crippen LogP contribution in [0, 0.1) is 0 Å². The zero-order chi connectivity index (χ0) is 59.2. The maximum absolute atomic E-state index is 12.9. The van der Waals surface area contributed by atoms with E-state index < -0.39 is 6.10 Å². The van der Waals surface area contributed by atoms with Crippen molar-refractivity contribution in [2.45, 2.75) is 341 Å². The fourth-order valence-electron chi connectivity index (χ4n) is 9.86. The monoisotopic (exact) mass is 1140 g/mol. The molecule has 0 aliphatic heterocycles. The Kier molecular flexibility index (Phi) is 66.2. The molecule has 0 aromatic rings. The van der Waals surface area contributed by atoms with Gasteiger partial charge in [0.05, 0.1) is 0 Å². The van der Waals surface area contributed by atoms with Crippen LogP contribution >= 0.6 is 0 Å². The van der Waals surface area contributed by atoms with Gasteiger partial charge in [0.1, 0.15) is 13.2 Å². The Bertz CT molecular complexity index is 1640. The Morgan fingerprint density at radius 1 is 0.256 bits per heavy atom. The van der Waals surface area contributed by atoms with Gasteiger partial charge in [-0.2, -0.15) is 0 Å². The standard InChI is InChI=1S/C76H130O6/c1-4-7-10-13-16-19-22-25-27-29-31-33-35-36-37-38-39-40-41-43-44-46-48-51-54-57-60-63-66-69-75(78)81-72-73(71-80-74(77)68-65-62-59-56-53-50-24-21-18-15-12-9-6-3)82-76(79)70-67-64-61-58-55-52-49-47-45-42-34-32-30-28-26-23-20-17-14-11-8-5-2/h7,10,16,19,25,27,31,33,36-37,39-40,43-44,48,51,57,60,73H,4-6,8-9,11-15,17-18,20-24,26,28-30,32,34-35,38,41-42,45-47,49-50,52-56,58-59,61-72H2,1-3H3/b10-7-,19-16-,27-25-,33-31-,37-36-,40-39-,44-43-,51-48-,60-57-. The highest BCUT2D eigenvalue weighted by molar-refractivity contribution is 5.71. The summed E-state index contributed by atoms with van der Waals surface area (Å²) in [6, 6.07) is 0. The van der Waals surface area contributed by atoms with Crippen molar-refractivity contribution in [1.29, 1.82) is 0 Å². The molecule has 1 atom stereocenters. The molecular formula is C76H130O6.